The standard InChI is InChI=1S/C18H24BrN3O4/c1-17(2,3)26-16(25)21-11-8-18(9-11)6-10(7-18)20-14-12(15(23)24)4-5-13(19)22-14/h4-5,10-11H,6-9H2,1-3H3,(H,20,22)(H,21,25)(H,23,24). The van der Waals surface area contributed by atoms with Crippen LogP contribution in [0, 0.1) is 5.41 Å². The van der Waals surface area contributed by atoms with Crippen molar-refractivity contribution in [2.24, 2.45) is 5.41 Å². The van der Waals surface area contributed by atoms with Crippen LogP contribution in [0.2, 0.25) is 0 Å². The first-order valence-corrected chi connectivity index (χ1v) is 9.50. The molecule has 0 atom stereocenters. The molecule has 0 bridgehead atoms. The van der Waals surface area contributed by atoms with Crippen LogP contribution in [0.15, 0.2) is 16.7 Å². The highest BCUT2D eigenvalue weighted by atomic mass is 79.9. The number of hydrogen-bond donors (Lipinski definition) is 3. The number of anilines is 1. The van der Waals surface area contributed by atoms with E-state index in [0.29, 0.717) is 10.4 Å². The van der Waals surface area contributed by atoms with Crippen molar-refractivity contribution in [3.05, 3.63) is 22.3 Å². The number of aromatic nitrogens is 1. The highest BCUT2D eigenvalue weighted by molar-refractivity contribution is 9.10. The summed E-state index contributed by atoms with van der Waals surface area (Å²) in [5.74, 6) is -0.596. The molecule has 3 N–H and O–H groups in total. The van der Waals surface area contributed by atoms with Crippen molar-refractivity contribution in [2.45, 2.75) is 64.1 Å². The lowest BCUT2D eigenvalue weighted by molar-refractivity contribution is -0.0179. The molecule has 0 aliphatic heterocycles. The van der Waals surface area contributed by atoms with Gasteiger partial charge in [0.25, 0.3) is 0 Å². The van der Waals surface area contributed by atoms with Crippen LogP contribution in [0.4, 0.5) is 10.6 Å². The normalized spacial score (nSPS) is 27.2. The van der Waals surface area contributed by atoms with Gasteiger partial charge in [-0.15, -0.1) is 0 Å². The molecule has 1 spiro atoms. The molecule has 0 saturated heterocycles. The van der Waals surface area contributed by atoms with E-state index in [0.717, 1.165) is 25.7 Å². The van der Waals surface area contributed by atoms with E-state index >= 15 is 0 Å². The van der Waals surface area contributed by atoms with E-state index in [1.54, 1.807) is 12.1 Å². The number of nitrogens with zero attached hydrogens (tertiary/aromatic N) is 1. The molecule has 8 heteroatoms. The lowest BCUT2D eigenvalue weighted by Crippen LogP contribution is -2.59. The highest BCUT2D eigenvalue weighted by Crippen LogP contribution is 2.56. The second-order valence-electron chi connectivity index (χ2n) is 8.34. The first-order valence-electron chi connectivity index (χ1n) is 8.71. The monoisotopic (exact) mass is 425 g/mol. The molecular formula is C18H24BrN3O4. The lowest BCUT2D eigenvalue weighted by Gasteiger charge is -2.57. The van der Waals surface area contributed by atoms with Crippen molar-refractivity contribution in [3.8, 4) is 0 Å². The molecule has 1 heterocycles. The second-order valence-corrected chi connectivity index (χ2v) is 9.15. The maximum absolute atomic E-state index is 11.8. The third kappa shape index (κ3) is 4.28. The Morgan fingerprint density at radius 1 is 1.23 bits per heavy atom. The number of carboxylic acids is 1. The summed E-state index contributed by atoms with van der Waals surface area (Å²) in [4.78, 5) is 27.4. The molecule has 2 aliphatic rings. The zero-order chi connectivity index (χ0) is 19.1. The van der Waals surface area contributed by atoms with Crippen molar-refractivity contribution in [3.63, 3.8) is 0 Å². The number of halogens is 1. The van der Waals surface area contributed by atoms with Gasteiger partial charge in [0.2, 0.25) is 0 Å². The average molecular weight is 426 g/mol. The minimum Gasteiger partial charge on any atom is -0.478 e. The van der Waals surface area contributed by atoms with Gasteiger partial charge in [-0.3, -0.25) is 0 Å². The predicted molar refractivity (Wildman–Crippen MR) is 100 cm³/mol. The Balaban J connectivity index is 1.47. The number of amides is 1. The molecule has 2 aliphatic carbocycles. The van der Waals surface area contributed by atoms with Gasteiger partial charge in [-0.05, 0) is 79.9 Å². The molecule has 0 radical (unpaired) electrons. The fourth-order valence-electron chi connectivity index (χ4n) is 3.89. The average Bonchev–Trinajstić information content (AvgIpc) is 2.40. The third-order valence-electron chi connectivity index (χ3n) is 4.87. The third-order valence-corrected chi connectivity index (χ3v) is 5.31. The number of carbonyl (C=O) groups is 2. The summed E-state index contributed by atoms with van der Waals surface area (Å²) in [5.41, 5.74) is -0.0741. The predicted octanol–water partition coefficient (Wildman–Crippen LogP) is 3.79. The molecule has 26 heavy (non-hydrogen) atoms. The molecule has 3 rings (SSSR count). The summed E-state index contributed by atoms with van der Waals surface area (Å²) in [6.45, 7) is 5.54. The molecule has 0 aromatic carbocycles. The van der Waals surface area contributed by atoms with Gasteiger partial charge in [0.15, 0.2) is 0 Å². The number of hydrogen-bond acceptors (Lipinski definition) is 5. The number of aromatic carboxylic acids is 1. The Hall–Kier alpha value is -1.83. The van der Waals surface area contributed by atoms with E-state index in [1.165, 1.54) is 0 Å². The van der Waals surface area contributed by atoms with Crippen molar-refractivity contribution < 1.29 is 19.4 Å². The molecule has 142 valence electrons. The molecular weight excluding hydrogens is 402 g/mol. The molecule has 7 nitrogen and oxygen atoms in total. The molecule has 2 fully saturated rings. The number of pyridine rings is 1. The van der Waals surface area contributed by atoms with Gasteiger partial charge in [-0.25, -0.2) is 14.6 Å². The number of alkyl carbamates (subject to hydrolysis) is 1. The fraction of sp³-hybridized carbons (Fsp3) is 0.611. The van der Waals surface area contributed by atoms with Crippen LogP contribution in [-0.2, 0) is 4.74 Å². The smallest absolute Gasteiger partial charge is 0.407 e. The topological polar surface area (TPSA) is 101 Å². The zero-order valence-electron chi connectivity index (χ0n) is 15.1. The first kappa shape index (κ1) is 18.9. The maximum Gasteiger partial charge on any atom is 0.407 e. The van der Waals surface area contributed by atoms with Gasteiger partial charge in [0.05, 0.1) is 0 Å². The van der Waals surface area contributed by atoms with Crippen molar-refractivity contribution >= 4 is 33.8 Å². The number of nitrogens with one attached hydrogen (secondary N) is 2. The lowest BCUT2D eigenvalue weighted by atomic mass is 9.52. The molecule has 1 amide bonds. The molecule has 1 aromatic rings. The van der Waals surface area contributed by atoms with E-state index in [-0.39, 0.29) is 29.2 Å². The summed E-state index contributed by atoms with van der Waals surface area (Å²) in [7, 11) is 0. The highest BCUT2D eigenvalue weighted by Gasteiger charge is 2.53. The van der Waals surface area contributed by atoms with Crippen LogP contribution in [-0.4, -0.2) is 39.8 Å². The largest absolute Gasteiger partial charge is 0.478 e. The zero-order valence-corrected chi connectivity index (χ0v) is 16.7. The number of rotatable bonds is 4. The summed E-state index contributed by atoms with van der Waals surface area (Å²) in [6.07, 6.45) is 3.40. The maximum atomic E-state index is 11.8. The number of carboxylic acid groups (broad SMARTS) is 1. The van der Waals surface area contributed by atoms with Gasteiger partial charge in [0, 0.05) is 12.1 Å². The van der Waals surface area contributed by atoms with Gasteiger partial charge in [-0.1, -0.05) is 0 Å². The van der Waals surface area contributed by atoms with Crippen molar-refractivity contribution in [1.29, 1.82) is 0 Å². The van der Waals surface area contributed by atoms with Crippen molar-refractivity contribution in [2.75, 3.05) is 5.32 Å². The van der Waals surface area contributed by atoms with E-state index in [9.17, 15) is 14.7 Å². The van der Waals surface area contributed by atoms with Crippen LogP contribution in [0.25, 0.3) is 0 Å². The van der Waals surface area contributed by atoms with Crippen LogP contribution < -0.4 is 10.6 Å². The van der Waals surface area contributed by atoms with Gasteiger partial charge in [0.1, 0.15) is 21.6 Å². The molecule has 0 unspecified atom stereocenters. The molecule has 1 aromatic heterocycles. The number of ether oxygens (including phenoxy) is 1. The quantitative estimate of drug-likeness (QED) is 0.634. The Labute approximate surface area is 161 Å². The van der Waals surface area contributed by atoms with Gasteiger partial charge in [-0.2, -0.15) is 0 Å². The second kappa shape index (κ2) is 6.72. The summed E-state index contributed by atoms with van der Waals surface area (Å²) < 4.78 is 5.88. The SMILES string of the molecule is CC(C)(C)OC(=O)NC1CC2(C1)CC(Nc1nc(Br)ccc1C(=O)O)C2. The van der Waals surface area contributed by atoms with E-state index < -0.39 is 11.6 Å². The van der Waals surface area contributed by atoms with Crippen molar-refractivity contribution in [1.82, 2.24) is 10.3 Å². The van der Waals surface area contributed by atoms with E-state index in [2.05, 4.69) is 31.5 Å². The van der Waals surface area contributed by atoms with Crippen LogP contribution in [0.5, 0.6) is 0 Å². The van der Waals surface area contributed by atoms with Crippen LogP contribution >= 0.6 is 15.9 Å². The minimum atomic E-state index is -0.994. The number of carbonyl (C=O) groups excluding carboxylic acids is 1. The van der Waals surface area contributed by atoms with Gasteiger partial charge < -0.3 is 20.5 Å². The van der Waals surface area contributed by atoms with E-state index in [4.69, 9.17) is 4.74 Å². The Bertz CT molecular complexity index is 718. The van der Waals surface area contributed by atoms with E-state index in [1.807, 2.05) is 20.8 Å². The first-order chi connectivity index (χ1) is 12.1. The molecule has 2 saturated carbocycles. The summed E-state index contributed by atoms with van der Waals surface area (Å²) in [5, 5.41) is 15.4. The Morgan fingerprint density at radius 3 is 2.42 bits per heavy atom. The summed E-state index contributed by atoms with van der Waals surface area (Å²) >= 11 is 3.28. The van der Waals surface area contributed by atoms with Crippen LogP contribution in [0.3, 0.4) is 0 Å². The Morgan fingerprint density at radius 2 is 1.85 bits per heavy atom. The minimum absolute atomic E-state index is 0.157. The fourth-order valence-corrected chi connectivity index (χ4v) is 4.20. The Kier molecular flexibility index (Phi) is 4.90. The van der Waals surface area contributed by atoms with Gasteiger partial charge >= 0.3 is 12.1 Å². The van der Waals surface area contributed by atoms with Crippen LogP contribution in [0.1, 0.15) is 56.8 Å². The summed E-state index contributed by atoms with van der Waals surface area (Å²) in [6, 6.07) is 3.53.